The van der Waals surface area contributed by atoms with Crippen LogP contribution in [0, 0.1) is 0 Å². The van der Waals surface area contributed by atoms with Gasteiger partial charge >= 0.3 is 0 Å². The molecule has 9 aromatic rings. The van der Waals surface area contributed by atoms with E-state index < -0.39 is 0 Å². The first-order chi connectivity index (χ1) is 23.8. The van der Waals surface area contributed by atoms with E-state index in [1.807, 2.05) is 18.2 Å². The van der Waals surface area contributed by atoms with Gasteiger partial charge in [0, 0.05) is 38.8 Å². The van der Waals surface area contributed by atoms with Crippen molar-refractivity contribution in [2.45, 2.75) is 0 Å². The van der Waals surface area contributed by atoms with Crippen molar-refractivity contribution in [3.63, 3.8) is 0 Å². The number of anilines is 3. The zero-order chi connectivity index (χ0) is 31.9. The van der Waals surface area contributed by atoms with Crippen molar-refractivity contribution >= 4 is 49.8 Å². The fourth-order valence-electron chi connectivity index (χ4n) is 6.75. The Labute approximate surface area is 278 Å². The van der Waals surface area contributed by atoms with Crippen LogP contribution in [0.4, 0.5) is 17.1 Å². The summed E-state index contributed by atoms with van der Waals surface area (Å²) in [4.78, 5) is 12.6. The van der Waals surface area contributed by atoms with Crippen molar-refractivity contribution in [2.24, 2.45) is 0 Å². The molecule has 4 heteroatoms. The molecule has 226 valence electrons. The Kier molecular flexibility index (Phi) is 6.76. The highest BCUT2D eigenvalue weighted by Crippen LogP contribution is 2.38. The average molecular weight is 615 g/mol. The number of nitrogens with zero attached hydrogens (tertiary/aromatic N) is 4. The van der Waals surface area contributed by atoms with Crippen molar-refractivity contribution in [2.75, 3.05) is 4.90 Å². The SMILES string of the molecule is c1ccc(-c2nc(-n3c4ccccc4c4cc(-c5ccc(N(c6ccccc6)c6ccccc6)cc5)ccc43)nc3ccccc23)cc1. The molecule has 0 aliphatic heterocycles. The molecule has 0 bridgehead atoms. The largest absolute Gasteiger partial charge is 0.311 e. The van der Waals surface area contributed by atoms with Gasteiger partial charge in [0.25, 0.3) is 0 Å². The molecule has 0 fully saturated rings. The summed E-state index contributed by atoms with van der Waals surface area (Å²) in [7, 11) is 0. The van der Waals surface area contributed by atoms with Gasteiger partial charge in [-0.3, -0.25) is 4.57 Å². The molecule has 0 atom stereocenters. The summed E-state index contributed by atoms with van der Waals surface area (Å²) in [5, 5.41) is 3.38. The first-order valence-corrected chi connectivity index (χ1v) is 16.2. The fraction of sp³-hybridized carbons (Fsp3) is 0. The molecule has 0 unspecified atom stereocenters. The van der Waals surface area contributed by atoms with Crippen LogP contribution in [0.15, 0.2) is 182 Å². The highest BCUT2D eigenvalue weighted by molar-refractivity contribution is 6.10. The molecule has 2 aromatic heterocycles. The van der Waals surface area contributed by atoms with E-state index in [1.54, 1.807) is 0 Å². The van der Waals surface area contributed by atoms with Gasteiger partial charge in [-0.2, -0.15) is 0 Å². The van der Waals surface area contributed by atoms with Crippen LogP contribution < -0.4 is 4.90 Å². The second kappa shape index (κ2) is 11.7. The first-order valence-electron chi connectivity index (χ1n) is 16.2. The summed E-state index contributed by atoms with van der Waals surface area (Å²) >= 11 is 0. The van der Waals surface area contributed by atoms with E-state index in [4.69, 9.17) is 9.97 Å². The Morgan fingerprint density at radius 1 is 0.375 bits per heavy atom. The van der Waals surface area contributed by atoms with Crippen LogP contribution in [0.5, 0.6) is 0 Å². The molecular weight excluding hydrogens is 585 g/mol. The quantitative estimate of drug-likeness (QED) is 0.187. The van der Waals surface area contributed by atoms with Gasteiger partial charge in [-0.05, 0) is 71.8 Å². The molecule has 0 spiro atoms. The lowest BCUT2D eigenvalue weighted by Gasteiger charge is -2.25. The molecule has 2 heterocycles. The van der Waals surface area contributed by atoms with E-state index in [0.29, 0.717) is 5.95 Å². The van der Waals surface area contributed by atoms with Gasteiger partial charge in [0.05, 0.1) is 22.2 Å². The van der Waals surface area contributed by atoms with E-state index in [2.05, 4.69) is 173 Å². The predicted octanol–water partition coefficient (Wildman–Crippen LogP) is 11.5. The number of para-hydroxylation sites is 4. The molecule has 0 amide bonds. The normalized spacial score (nSPS) is 11.3. The van der Waals surface area contributed by atoms with E-state index >= 15 is 0 Å². The van der Waals surface area contributed by atoms with Gasteiger partial charge < -0.3 is 4.90 Å². The molecule has 0 aliphatic rings. The zero-order valence-corrected chi connectivity index (χ0v) is 26.1. The van der Waals surface area contributed by atoms with E-state index in [9.17, 15) is 0 Å². The summed E-state index contributed by atoms with van der Waals surface area (Å²) in [5.74, 6) is 0.665. The molecule has 0 saturated carbocycles. The predicted molar refractivity (Wildman–Crippen MR) is 199 cm³/mol. The monoisotopic (exact) mass is 614 g/mol. The minimum Gasteiger partial charge on any atom is -0.311 e. The lowest BCUT2D eigenvalue weighted by Crippen LogP contribution is -2.09. The third-order valence-electron chi connectivity index (χ3n) is 9.00. The number of aromatic nitrogens is 3. The van der Waals surface area contributed by atoms with Gasteiger partial charge in [0.1, 0.15) is 0 Å². The third kappa shape index (κ3) is 4.79. The van der Waals surface area contributed by atoms with Crippen molar-refractivity contribution < 1.29 is 0 Å². The van der Waals surface area contributed by atoms with Gasteiger partial charge in [0.2, 0.25) is 5.95 Å². The highest BCUT2D eigenvalue weighted by atomic mass is 15.2. The van der Waals surface area contributed by atoms with Crippen LogP contribution in [0.3, 0.4) is 0 Å². The lowest BCUT2D eigenvalue weighted by molar-refractivity contribution is 1.01. The van der Waals surface area contributed by atoms with E-state index in [1.165, 1.54) is 10.8 Å². The van der Waals surface area contributed by atoms with Gasteiger partial charge in [-0.15, -0.1) is 0 Å². The maximum absolute atomic E-state index is 5.22. The van der Waals surface area contributed by atoms with Crippen LogP contribution in [0.1, 0.15) is 0 Å². The van der Waals surface area contributed by atoms with Crippen LogP contribution >= 0.6 is 0 Å². The number of fused-ring (bicyclic) bond motifs is 4. The Bertz CT molecular complexity index is 2500. The third-order valence-corrected chi connectivity index (χ3v) is 9.00. The number of hydrogen-bond acceptors (Lipinski definition) is 3. The van der Waals surface area contributed by atoms with E-state index in [0.717, 1.165) is 61.4 Å². The molecule has 7 aromatic carbocycles. The smallest absolute Gasteiger partial charge is 0.235 e. The highest BCUT2D eigenvalue weighted by Gasteiger charge is 2.18. The maximum atomic E-state index is 5.22. The molecule has 0 radical (unpaired) electrons. The van der Waals surface area contributed by atoms with Gasteiger partial charge in [-0.25, -0.2) is 9.97 Å². The second-order valence-electron chi connectivity index (χ2n) is 11.9. The van der Waals surface area contributed by atoms with Crippen molar-refractivity contribution in [3.8, 4) is 28.3 Å². The average Bonchev–Trinajstić information content (AvgIpc) is 3.50. The van der Waals surface area contributed by atoms with Crippen LogP contribution in [-0.2, 0) is 0 Å². The minimum atomic E-state index is 0.665. The van der Waals surface area contributed by atoms with Crippen molar-refractivity contribution in [3.05, 3.63) is 182 Å². The summed E-state index contributed by atoms with van der Waals surface area (Å²) in [6, 6.07) is 63.7. The number of hydrogen-bond donors (Lipinski definition) is 0. The Morgan fingerprint density at radius 2 is 0.917 bits per heavy atom. The standard InChI is InChI=1S/C44H30N4/c1-4-14-32(15-5-1)43-38-21-10-12-22-40(38)45-44(46-43)48-41-23-13-11-20-37(41)39-30-33(26-29-42(39)48)31-24-27-36(28-25-31)47(34-16-6-2-7-17-34)35-18-8-3-9-19-35/h1-30H. The summed E-state index contributed by atoms with van der Waals surface area (Å²) in [6.45, 7) is 0. The molecule has 4 nitrogen and oxygen atoms in total. The van der Waals surface area contributed by atoms with Crippen LogP contribution in [0.2, 0.25) is 0 Å². The molecule has 48 heavy (non-hydrogen) atoms. The number of rotatable bonds is 6. The Hall–Kier alpha value is -6.52. The minimum absolute atomic E-state index is 0.665. The van der Waals surface area contributed by atoms with Crippen LogP contribution in [0.25, 0.3) is 61.0 Å². The van der Waals surface area contributed by atoms with Crippen molar-refractivity contribution in [1.82, 2.24) is 14.5 Å². The molecule has 0 N–H and O–H groups in total. The molecule has 9 rings (SSSR count). The summed E-state index contributed by atoms with van der Waals surface area (Å²) in [5.41, 5.74) is 10.7. The zero-order valence-electron chi connectivity index (χ0n) is 26.1. The van der Waals surface area contributed by atoms with Gasteiger partial charge in [-0.1, -0.05) is 121 Å². The molecule has 0 aliphatic carbocycles. The number of benzene rings is 7. The lowest BCUT2D eigenvalue weighted by atomic mass is 10.0. The summed E-state index contributed by atoms with van der Waals surface area (Å²) < 4.78 is 2.20. The van der Waals surface area contributed by atoms with Crippen LogP contribution in [-0.4, -0.2) is 14.5 Å². The topological polar surface area (TPSA) is 34.0 Å². The van der Waals surface area contributed by atoms with Crippen molar-refractivity contribution in [1.29, 1.82) is 0 Å². The summed E-state index contributed by atoms with van der Waals surface area (Å²) in [6.07, 6.45) is 0. The fourth-order valence-corrected chi connectivity index (χ4v) is 6.75. The first kappa shape index (κ1) is 27.8. The van der Waals surface area contributed by atoms with Gasteiger partial charge in [0.15, 0.2) is 0 Å². The Balaban J connectivity index is 1.17. The Morgan fingerprint density at radius 3 is 1.62 bits per heavy atom. The van der Waals surface area contributed by atoms with E-state index in [-0.39, 0.29) is 0 Å². The second-order valence-corrected chi connectivity index (χ2v) is 11.9. The maximum Gasteiger partial charge on any atom is 0.235 e. The molecule has 0 saturated heterocycles. The molecular formula is C44H30N4.